The molecule has 0 fully saturated rings. The first-order valence-corrected chi connectivity index (χ1v) is 11.4. The van der Waals surface area contributed by atoms with Crippen LogP contribution in [-0.2, 0) is 4.79 Å². The number of benzene rings is 3. The highest BCUT2D eigenvalue weighted by Crippen LogP contribution is 2.30. The Morgan fingerprint density at radius 2 is 1.74 bits per heavy atom. The zero-order valence-corrected chi connectivity index (χ0v) is 19.4. The number of anilines is 2. The van der Waals surface area contributed by atoms with Gasteiger partial charge in [0.25, 0.3) is 17.0 Å². The fourth-order valence-corrected chi connectivity index (χ4v) is 3.70. The lowest BCUT2D eigenvalue weighted by Crippen LogP contribution is -2.15. The number of aromatic nitrogens is 2. The van der Waals surface area contributed by atoms with Gasteiger partial charge < -0.3 is 19.8 Å². The Bertz CT molecular complexity index is 1310. The molecule has 4 aromatic rings. The predicted molar refractivity (Wildman–Crippen MR) is 131 cm³/mol. The summed E-state index contributed by atoms with van der Waals surface area (Å²) in [5.74, 6) is 0.552. The molecule has 34 heavy (non-hydrogen) atoms. The molecule has 0 aliphatic heterocycles. The van der Waals surface area contributed by atoms with Crippen molar-refractivity contribution in [2.75, 3.05) is 23.5 Å². The molecule has 9 heteroatoms. The summed E-state index contributed by atoms with van der Waals surface area (Å²) in [7, 11) is 1.57. The van der Waals surface area contributed by atoms with Crippen LogP contribution >= 0.6 is 11.8 Å². The van der Waals surface area contributed by atoms with Crippen molar-refractivity contribution >= 4 is 35.0 Å². The molecule has 4 rings (SSSR count). The summed E-state index contributed by atoms with van der Waals surface area (Å²) in [6, 6.07) is 21.6. The number of carbonyl (C=O) groups excluding carboxylic acids is 2. The first-order valence-electron chi connectivity index (χ1n) is 10.4. The molecular weight excluding hydrogens is 452 g/mol. The van der Waals surface area contributed by atoms with Crippen LogP contribution in [0.4, 0.5) is 11.4 Å². The number of aryl methyl sites for hydroxylation is 1. The van der Waals surface area contributed by atoms with Crippen molar-refractivity contribution in [1.29, 1.82) is 0 Å². The molecule has 3 aromatic carbocycles. The van der Waals surface area contributed by atoms with Gasteiger partial charge in [0.15, 0.2) is 0 Å². The molecule has 0 saturated heterocycles. The van der Waals surface area contributed by atoms with Crippen LogP contribution in [0.2, 0.25) is 0 Å². The van der Waals surface area contributed by atoms with E-state index < -0.39 is 0 Å². The van der Waals surface area contributed by atoms with Crippen molar-refractivity contribution in [3.05, 3.63) is 83.9 Å². The number of rotatable bonds is 8. The van der Waals surface area contributed by atoms with Gasteiger partial charge in [-0.1, -0.05) is 48.2 Å². The first kappa shape index (κ1) is 23.1. The molecule has 8 nitrogen and oxygen atoms in total. The van der Waals surface area contributed by atoms with Crippen molar-refractivity contribution in [2.45, 2.75) is 12.1 Å². The van der Waals surface area contributed by atoms with Crippen molar-refractivity contribution in [3.8, 4) is 17.2 Å². The third-order valence-electron chi connectivity index (χ3n) is 4.88. The van der Waals surface area contributed by atoms with Crippen LogP contribution < -0.4 is 15.4 Å². The Labute approximate surface area is 200 Å². The lowest BCUT2D eigenvalue weighted by Gasteiger charge is -2.11. The Morgan fingerprint density at radius 1 is 0.971 bits per heavy atom. The average molecular weight is 475 g/mol. The van der Waals surface area contributed by atoms with E-state index in [1.165, 1.54) is 0 Å². The highest BCUT2D eigenvalue weighted by Gasteiger charge is 2.15. The van der Waals surface area contributed by atoms with Gasteiger partial charge in [-0.25, -0.2) is 0 Å². The van der Waals surface area contributed by atoms with Gasteiger partial charge in [0.05, 0.1) is 18.4 Å². The molecule has 2 N–H and O–H groups in total. The fraction of sp³-hybridized carbons (Fsp3) is 0.120. The molecule has 0 bridgehead atoms. The third kappa shape index (κ3) is 5.62. The zero-order chi connectivity index (χ0) is 23.9. The minimum absolute atomic E-state index is 0.0765. The smallest absolute Gasteiger partial charge is 0.277 e. The standard InChI is InChI=1S/C25H22N4O4S/c1-16-12-13-18(14-20(16)27-23(31)17-8-4-3-5-9-17)26-22(30)15-34-25-29-28-24(33-25)19-10-6-7-11-21(19)32-2/h3-14H,15H2,1-2H3,(H,26,30)(H,27,31). The fourth-order valence-electron chi connectivity index (χ4n) is 3.14. The quantitative estimate of drug-likeness (QED) is 0.345. The van der Waals surface area contributed by atoms with Gasteiger partial charge in [-0.15, -0.1) is 10.2 Å². The van der Waals surface area contributed by atoms with E-state index in [4.69, 9.17) is 9.15 Å². The maximum atomic E-state index is 12.5. The Morgan fingerprint density at radius 3 is 2.53 bits per heavy atom. The van der Waals surface area contributed by atoms with E-state index in [2.05, 4.69) is 20.8 Å². The third-order valence-corrected chi connectivity index (χ3v) is 5.69. The molecule has 0 aliphatic carbocycles. The lowest BCUT2D eigenvalue weighted by atomic mass is 10.1. The van der Waals surface area contributed by atoms with E-state index in [-0.39, 0.29) is 22.8 Å². The molecule has 0 radical (unpaired) electrons. The van der Waals surface area contributed by atoms with Crippen molar-refractivity contribution in [3.63, 3.8) is 0 Å². The van der Waals surface area contributed by atoms with E-state index in [1.807, 2.05) is 37.3 Å². The molecule has 0 saturated carbocycles. The molecule has 0 spiro atoms. The number of ether oxygens (including phenoxy) is 1. The molecular formula is C25H22N4O4S. The van der Waals surface area contributed by atoms with Crippen LogP contribution in [0.1, 0.15) is 15.9 Å². The summed E-state index contributed by atoms with van der Waals surface area (Å²) in [6.07, 6.45) is 0. The minimum Gasteiger partial charge on any atom is -0.496 e. The van der Waals surface area contributed by atoms with E-state index >= 15 is 0 Å². The van der Waals surface area contributed by atoms with Crippen LogP contribution in [0.25, 0.3) is 11.5 Å². The summed E-state index contributed by atoms with van der Waals surface area (Å²) in [4.78, 5) is 24.9. The van der Waals surface area contributed by atoms with Gasteiger partial charge in [-0.2, -0.15) is 0 Å². The highest BCUT2D eigenvalue weighted by molar-refractivity contribution is 7.99. The van der Waals surface area contributed by atoms with Gasteiger partial charge in [-0.05, 0) is 48.9 Å². The summed E-state index contributed by atoms with van der Waals surface area (Å²) in [5, 5.41) is 14.0. The molecule has 0 atom stereocenters. The van der Waals surface area contributed by atoms with Crippen LogP contribution in [0.15, 0.2) is 82.4 Å². The Balaban J connectivity index is 1.36. The van der Waals surface area contributed by atoms with Crippen molar-refractivity contribution < 1.29 is 18.7 Å². The number of thioether (sulfide) groups is 1. The second kappa shape index (κ2) is 10.7. The SMILES string of the molecule is COc1ccccc1-c1nnc(SCC(=O)Nc2ccc(C)c(NC(=O)c3ccccc3)c2)o1. The Kier molecular flexibility index (Phi) is 7.24. The van der Waals surface area contributed by atoms with Crippen molar-refractivity contribution in [2.24, 2.45) is 0 Å². The topological polar surface area (TPSA) is 106 Å². The number of hydrogen-bond donors (Lipinski definition) is 2. The molecule has 0 unspecified atom stereocenters. The number of methoxy groups -OCH3 is 1. The molecule has 1 aromatic heterocycles. The van der Waals surface area contributed by atoms with Crippen LogP contribution in [-0.4, -0.2) is 34.9 Å². The number of hydrogen-bond acceptors (Lipinski definition) is 7. The van der Waals surface area contributed by atoms with Gasteiger partial charge >= 0.3 is 0 Å². The van der Waals surface area contributed by atoms with Gasteiger partial charge in [0.1, 0.15) is 5.75 Å². The van der Waals surface area contributed by atoms with E-state index in [1.54, 1.807) is 49.6 Å². The van der Waals surface area contributed by atoms with Crippen LogP contribution in [0, 0.1) is 6.92 Å². The lowest BCUT2D eigenvalue weighted by molar-refractivity contribution is -0.113. The summed E-state index contributed by atoms with van der Waals surface area (Å²) < 4.78 is 11.0. The normalized spacial score (nSPS) is 10.5. The van der Waals surface area contributed by atoms with Gasteiger partial charge in [0.2, 0.25) is 5.91 Å². The maximum absolute atomic E-state index is 12.5. The Hall–Kier alpha value is -4.11. The second-order valence-corrected chi connectivity index (χ2v) is 8.19. The maximum Gasteiger partial charge on any atom is 0.277 e. The van der Waals surface area contributed by atoms with Crippen LogP contribution in [0.3, 0.4) is 0 Å². The molecule has 2 amide bonds. The minimum atomic E-state index is -0.244. The number of amides is 2. The first-order chi connectivity index (χ1) is 16.5. The molecule has 1 heterocycles. The second-order valence-electron chi connectivity index (χ2n) is 7.26. The van der Waals surface area contributed by atoms with E-state index in [0.717, 1.165) is 17.3 Å². The summed E-state index contributed by atoms with van der Waals surface area (Å²) >= 11 is 1.13. The van der Waals surface area contributed by atoms with Crippen molar-refractivity contribution in [1.82, 2.24) is 10.2 Å². The summed E-state index contributed by atoms with van der Waals surface area (Å²) in [5.41, 5.74) is 3.31. The monoisotopic (exact) mass is 474 g/mol. The van der Waals surface area contributed by atoms with E-state index in [9.17, 15) is 9.59 Å². The zero-order valence-electron chi connectivity index (χ0n) is 18.6. The number of nitrogens with zero attached hydrogens (tertiary/aromatic N) is 2. The van der Waals surface area contributed by atoms with Gasteiger partial charge in [-0.3, -0.25) is 9.59 Å². The molecule has 0 aliphatic rings. The summed E-state index contributed by atoms with van der Waals surface area (Å²) in [6.45, 7) is 1.89. The number of nitrogens with one attached hydrogen (secondary N) is 2. The predicted octanol–water partition coefficient (Wildman–Crippen LogP) is 5.04. The number of para-hydroxylation sites is 1. The van der Waals surface area contributed by atoms with E-state index in [0.29, 0.717) is 34.1 Å². The molecule has 172 valence electrons. The van der Waals surface area contributed by atoms with Gasteiger partial charge in [0, 0.05) is 16.9 Å². The average Bonchev–Trinajstić information content (AvgIpc) is 3.34. The largest absolute Gasteiger partial charge is 0.496 e. The number of carbonyl (C=O) groups is 2. The van der Waals surface area contributed by atoms with Crippen LogP contribution in [0.5, 0.6) is 5.75 Å². The highest BCUT2D eigenvalue weighted by atomic mass is 32.2.